The molecule has 5 nitrogen and oxygen atoms in total. The number of carbonyl (C=O) groups is 2. The van der Waals surface area contributed by atoms with Gasteiger partial charge in [-0.3, -0.25) is 9.59 Å². The van der Waals surface area contributed by atoms with Crippen LogP contribution in [0.15, 0.2) is 91.0 Å². The van der Waals surface area contributed by atoms with E-state index in [0.29, 0.717) is 22.6 Å². The number of ketones is 1. The first-order valence-corrected chi connectivity index (χ1v) is 18.1. The molecule has 0 radical (unpaired) electrons. The standard InChI is InChI=1S/C36H36F3NO4Si/c1-33(2,3)45(4,5)29-22-28-31(44-35(43-28,24-12-8-6-9-13-24)25-14-10-7-11-15-25)30-27(29)23-40(32(42)36(37,38)39)21-20-34(30)18-16-26(41)17-19-34/h6-19,22H,20-21,23H2,1-5H3. The van der Waals surface area contributed by atoms with Crippen LogP contribution in [0.3, 0.4) is 0 Å². The topological polar surface area (TPSA) is 55.8 Å². The Morgan fingerprint density at radius 1 is 0.889 bits per heavy atom. The Hall–Kier alpha value is -4.11. The highest BCUT2D eigenvalue weighted by Crippen LogP contribution is 2.56. The van der Waals surface area contributed by atoms with E-state index < -0.39 is 31.4 Å². The minimum atomic E-state index is -5.03. The number of rotatable bonds is 3. The summed E-state index contributed by atoms with van der Waals surface area (Å²) < 4.78 is 55.8. The molecule has 2 aliphatic heterocycles. The molecule has 0 aromatic heterocycles. The number of carbonyl (C=O) groups excluding carboxylic acids is 2. The van der Waals surface area contributed by atoms with E-state index in [9.17, 15) is 22.8 Å². The summed E-state index contributed by atoms with van der Waals surface area (Å²) in [5.74, 6) is -2.59. The second kappa shape index (κ2) is 10.5. The Balaban J connectivity index is 1.69. The summed E-state index contributed by atoms with van der Waals surface area (Å²) in [5, 5.41) is 0.681. The highest BCUT2D eigenvalue weighted by Gasteiger charge is 2.53. The summed E-state index contributed by atoms with van der Waals surface area (Å²) in [5.41, 5.74) is 1.75. The van der Waals surface area contributed by atoms with Gasteiger partial charge in [0, 0.05) is 35.2 Å². The Kier molecular flexibility index (Phi) is 7.19. The second-order valence-corrected chi connectivity index (χ2v) is 18.9. The lowest BCUT2D eigenvalue weighted by Gasteiger charge is -2.40. The molecule has 0 atom stereocenters. The van der Waals surface area contributed by atoms with Crippen LogP contribution in [-0.2, 0) is 27.3 Å². The lowest BCUT2D eigenvalue weighted by atomic mass is 9.73. The van der Waals surface area contributed by atoms with Crippen LogP contribution in [0.2, 0.25) is 18.1 Å². The van der Waals surface area contributed by atoms with Gasteiger partial charge >= 0.3 is 17.9 Å². The van der Waals surface area contributed by atoms with Crippen LogP contribution in [-0.4, -0.2) is 37.4 Å². The molecule has 1 spiro atoms. The van der Waals surface area contributed by atoms with Crippen molar-refractivity contribution < 1.29 is 32.2 Å². The van der Waals surface area contributed by atoms with Crippen molar-refractivity contribution in [1.29, 1.82) is 0 Å². The molecule has 0 unspecified atom stereocenters. The van der Waals surface area contributed by atoms with Gasteiger partial charge < -0.3 is 14.4 Å². The van der Waals surface area contributed by atoms with Crippen molar-refractivity contribution in [2.45, 2.75) is 69.2 Å². The predicted molar refractivity (Wildman–Crippen MR) is 169 cm³/mol. The molecule has 45 heavy (non-hydrogen) atoms. The highest BCUT2D eigenvalue weighted by molar-refractivity contribution is 6.92. The summed E-state index contributed by atoms with van der Waals surface area (Å²) in [6.45, 7) is 10.4. The van der Waals surface area contributed by atoms with E-state index in [1.54, 1.807) is 12.2 Å². The van der Waals surface area contributed by atoms with Crippen LogP contribution >= 0.6 is 0 Å². The first-order chi connectivity index (χ1) is 21.1. The van der Waals surface area contributed by atoms with E-state index >= 15 is 0 Å². The van der Waals surface area contributed by atoms with Crippen molar-refractivity contribution in [3.8, 4) is 11.5 Å². The SMILES string of the molecule is CC(C)(C)[Si](C)(C)c1cc2c(c3c1CN(C(=O)C(F)(F)F)CCC31C=CC(=O)C=C1)OC(c1ccccc1)(c1ccccc1)O2. The lowest BCUT2D eigenvalue weighted by molar-refractivity contribution is -0.186. The molecule has 3 aromatic rings. The van der Waals surface area contributed by atoms with Gasteiger partial charge in [0.25, 0.3) is 0 Å². The van der Waals surface area contributed by atoms with Gasteiger partial charge in [0.2, 0.25) is 0 Å². The van der Waals surface area contributed by atoms with Crippen LogP contribution < -0.4 is 14.7 Å². The van der Waals surface area contributed by atoms with Crippen molar-refractivity contribution in [1.82, 2.24) is 4.90 Å². The van der Waals surface area contributed by atoms with Crippen molar-refractivity contribution in [2.24, 2.45) is 0 Å². The largest absolute Gasteiger partial charge is 0.471 e. The smallest absolute Gasteiger partial charge is 0.440 e. The van der Waals surface area contributed by atoms with Gasteiger partial charge in [-0.2, -0.15) is 13.2 Å². The number of fused-ring (bicyclic) bond motifs is 4. The maximum absolute atomic E-state index is 13.9. The minimum absolute atomic E-state index is 0.128. The second-order valence-electron chi connectivity index (χ2n) is 13.6. The van der Waals surface area contributed by atoms with Crippen molar-refractivity contribution in [3.63, 3.8) is 0 Å². The Morgan fingerprint density at radius 2 is 1.44 bits per heavy atom. The molecule has 6 rings (SSSR count). The van der Waals surface area contributed by atoms with Gasteiger partial charge in [-0.1, -0.05) is 112 Å². The molecule has 2 heterocycles. The molecule has 0 saturated heterocycles. The molecular formula is C36H36F3NO4Si. The summed E-state index contributed by atoms with van der Waals surface area (Å²) in [6.07, 6.45) is 1.50. The molecular weight excluding hydrogens is 595 g/mol. The lowest BCUT2D eigenvalue weighted by Crippen LogP contribution is -2.52. The average Bonchev–Trinajstić information content (AvgIpc) is 3.32. The zero-order valence-corrected chi connectivity index (χ0v) is 27.0. The fourth-order valence-electron chi connectivity index (χ4n) is 6.48. The van der Waals surface area contributed by atoms with Crippen molar-refractivity contribution in [3.05, 3.63) is 113 Å². The normalized spacial score (nSPS) is 18.6. The van der Waals surface area contributed by atoms with E-state index in [0.717, 1.165) is 21.2 Å². The number of alkyl halides is 3. The maximum Gasteiger partial charge on any atom is 0.471 e. The Labute approximate surface area is 262 Å². The van der Waals surface area contributed by atoms with E-state index in [1.165, 1.54) is 12.2 Å². The van der Waals surface area contributed by atoms with E-state index in [2.05, 4.69) is 33.9 Å². The maximum atomic E-state index is 13.9. The number of ether oxygens (including phenoxy) is 2. The first kappa shape index (κ1) is 30.9. The third kappa shape index (κ3) is 5.01. The van der Waals surface area contributed by atoms with E-state index in [-0.39, 0.29) is 30.3 Å². The Morgan fingerprint density at radius 3 is 1.96 bits per heavy atom. The van der Waals surface area contributed by atoms with Crippen molar-refractivity contribution >= 4 is 25.0 Å². The molecule has 0 saturated carbocycles. The van der Waals surface area contributed by atoms with Gasteiger partial charge in [-0.05, 0) is 35.2 Å². The zero-order chi connectivity index (χ0) is 32.4. The molecule has 3 aliphatic rings. The van der Waals surface area contributed by atoms with Crippen LogP contribution in [0.25, 0.3) is 0 Å². The summed E-state index contributed by atoms with van der Waals surface area (Å²) in [7, 11) is -2.50. The minimum Gasteiger partial charge on any atom is -0.440 e. The molecule has 0 fully saturated rings. The number of amides is 1. The zero-order valence-electron chi connectivity index (χ0n) is 26.0. The number of halogens is 3. The number of hydrogen-bond donors (Lipinski definition) is 0. The number of allylic oxidation sites excluding steroid dienone is 4. The first-order valence-electron chi connectivity index (χ1n) is 15.1. The molecule has 3 aromatic carbocycles. The fourth-order valence-corrected chi connectivity index (χ4v) is 8.74. The fraction of sp³-hybridized carbons (Fsp3) is 0.333. The number of nitrogens with zero attached hydrogens (tertiary/aromatic N) is 1. The van der Waals surface area contributed by atoms with Gasteiger partial charge in [0.1, 0.15) is 0 Å². The molecule has 1 aliphatic carbocycles. The molecule has 234 valence electrons. The van der Waals surface area contributed by atoms with Gasteiger partial charge in [-0.15, -0.1) is 0 Å². The summed E-state index contributed by atoms with van der Waals surface area (Å²) in [4.78, 5) is 26.2. The van der Waals surface area contributed by atoms with Crippen LogP contribution in [0.1, 0.15) is 49.4 Å². The third-order valence-electron chi connectivity index (χ3n) is 9.94. The molecule has 0 bridgehead atoms. The third-order valence-corrected chi connectivity index (χ3v) is 15.5. The van der Waals surface area contributed by atoms with Gasteiger partial charge in [-0.25, -0.2) is 0 Å². The molecule has 1 amide bonds. The number of benzene rings is 3. The van der Waals surface area contributed by atoms with Gasteiger partial charge in [0.15, 0.2) is 17.3 Å². The summed E-state index contributed by atoms with van der Waals surface area (Å²) >= 11 is 0. The van der Waals surface area contributed by atoms with Crippen LogP contribution in [0, 0.1) is 0 Å². The Bertz CT molecular complexity index is 1670. The quantitative estimate of drug-likeness (QED) is 0.285. The molecule has 9 heteroatoms. The monoisotopic (exact) mass is 631 g/mol. The van der Waals surface area contributed by atoms with Gasteiger partial charge in [0.05, 0.1) is 8.07 Å². The molecule has 0 N–H and O–H groups in total. The van der Waals surface area contributed by atoms with E-state index in [1.807, 2.05) is 66.7 Å². The van der Waals surface area contributed by atoms with Crippen LogP contribution in [0.4, 0.5) is 13.2 Å². The average molecular weight is 632 g/mol. The predicted octanol–water partition coefficient (Wildman–Crippen LogP) is 7.30. The highest BCUT2D eigenvalue weighted by atomic mass is 28.3. The van der Waals surface area contributed by atoms with Crippen LogP contribution in [0.5, 0.6) is 11.5 Å². The summed E-state index contributed by atoms with van der Waals surface area (Å²) in [6, 6.07) is 21.0. The van der Waals surface area contributed by atoms with Crippen molar-refractivity contribution in [2.75, 3.05) is 6.54 Å². The number of hydrogen-bond acceptors (Lipinski definition) is 4. The van der Waals surface area contributed by atoms with E-state index in [4.69, 9.17) is 9.47 Å².